The Bertz CT molecular complexity index is 758. The molecule has 7 heteroatoms. The lowest BCUT2D eigenvalue weighted by Crippen LogP contribution is -2.45. The van der Waals surface area contributed by atoms with E-state index >= 15 is 0 Å². The Morgan fingerprint density at radius 1 is 1.31 bits per heavy atom. The number of rotatable bonds is 4. The third-order valence-electron chi connectivity index (χ3n) is 5.07. The van der Waals surface area contributed by atoms with E-state index in [0.29, 0.717) is 22.8 Å². The van der Waals surface area contributed by atoms with Crippen molar-refractivity contribution in [3.05, 3.63) is 35.0 Å². The van der Waals surface area contributed by atoms with Gasteiger partial charge in [-0.25, -0.2) is 9.59 Å². The lowest BCUT2D eigenvalue weighted by Gasteiger charge is -2.29. The molecule has 26 heavy (non-hydrogen) atoms. The van der Waals surface area contributed by atoms with Crippen LogP contribution in [0.2, 0.25) is 0 Å². The molecule has 1 aliphatic heterocycles. The number of phenols is 1. The summed E-state index contributed by atoms with van der Waals surface area (Å²) in [6.45, 7) is 3.76. The average molecular weight is 360 g/mol. The Morgan fingerprint density at radius 2 is 2.08 bits per heavy atom. The van der Waals surface area contributed by atoms with Gasteiger partial charge in [0.25, 0.3) is 0 Å². The summed E-state index contributed by atoms with van der Waals surface area (Å²) in [7, 11) is 1.44. The number of esters is 1. The van der Waals surface area contributed by atoms with Crippen LogP contribution in [0.3, 0.4) is 0 Å². The number of nitrogens with one attached hydrogen (secondary N) is 2. The molecule has 1 fully saturated rings. The largest absolute Gasteiger partial charge is 0.504 e. The van der Waals surface area contributed by atoms with Gasteiger partial charge < -0.3 is 25.2 Å². The molecule has 3 atom stereocenters. The molecule has 1 aromatic carbocycles. The van der Waals surface area contributed by atoms with Crippen molar-refractivity contribution in [3.63, 3.8) is 0 Å². The molecule has 1 heterocycles. The first kappa shape index (κ1) is 18.1. The molecule has 1 aliphatic carbocycles. The maximum absolute atomic E-state index is 12.9. The predicted octanol–water partition coefficient (Wildman–Crippen LogP) is 2.76. The van der Waals surface area contributed by atoms with Crippen molar-refractivity contribution in [2.75, 3.05) is 7.11 Å². The van der Waals surface area contributed by atoms with Gasteiger partial charge in [-0.05, 0) is 49.8 Å². The van der Waals surface area contributed by atoms with Crippen LogP contribution in [-0.4, -0.2) is 30.3 Å². The number of carbonyl (C=O) groups excluding carboxylic acids is 2. The minimum atomic E-state index is -0.678. The fourth-order valence-corrected chi connectivity index (χ4v) is 3.58. The number of amides is 2. The highest BCUT2D eigenvalue weighted by molar-refractivity contribution is 5.95. The molecular formula is C19H24N2O5. The van der Waals surface area contributed by atoms with Crippen molar-refractivity contribution < 1.29 is 24.2 Å². The Morgan fingerprint density at radius 3 is 2.73 bits per heavy atom. The topological polar surface area (TPSA) is 96.9 Å². The molecule has 0 bridgehead atoms. The summed E-state index contributed by atoms with van der Waals surface area (Å²) in [4.78, 5) is 24.8. The maximum atomic E-state index is 12.9. The van der Waals surface area contributed by atoms with Gasteiger partial charge in [0.05, 0.1) is 18.7 Å². The zero-order chi connectivity index (χ0) is 18.8. The zero-order valence-corrected chi connectivity index (χ0v) is 15.2. The molecule has 7 nitrogen and oxygen atoms in total. The SMILES string of the molecule is COc1cc([C@@H]2NC(=O)NC(C)=C2C(=O)O[C@H]2CCC[C@@H]2C)ccc1O. The Kier molecular flexibility index (Phi) is 5.06. The maximum Gasteiger partial charge on any atom is 0.338 e. The van der Waals surface area contributed by atoms with Crippen LogP contribution < -0.4 is 15.4 Å². The molecular weight excluding hydrogens is 336 g/mol. The summed E-state index contributed by atoms with van der Waals surface area (Å²) >= 11 is 0. The molecule has 1 saturated carbocycles. The van der Waals surface area contributed by atoms with E-state index in [-0.39, 0.29) is 17.6 Å². The van der Waals surface area contributed by atoms with Gasteiger partial charge in [0.15, 0.2) is 11.5 Å². The number of carbonyl (C=O) groups is 2. The van der Waals surface area contributed by atoms with Gasteiger partial charge >= 0.3 is 12.0 Å². The fraction of sp³-hybridized carbons (Fsp3) is 0.474. The molecule has 1 aromatic rings. The zero-order valence-electron chi connectivity index (χ0n) is 15.2. The summed E-state index contributed by atoms with van der Waals surface area (Å²) in [6.07, 6.45) is 2.85. The molecule has 0 unspecified atom stereocenters. The van der Waals surface area contributed by atoms with Crippen molar-refractivity contribution in [2.24, 2.45) is 5.92 Å². The van der Waals surface area contributed by atoms with Crippen LogP contribution in [0.15, 0.2) is 29.5 Å². The Balaban J connectivity index is 1.92. The number of hydrogen-bond acceptors (Lipinski definition) is 5. The Hall–Kier alpha value is -2.70. The quantitative estimate of drug-likeness (QED) is 0.718. The van der Waals surface area contributed by atoms with Gasteiger partial charge in [0.2, 0.25) is 0 Å². The summed E-state index contributed by atoms with van der Waals surface area (Å²) in [5, 5.41) is 15.2. The molecule has 0 aromatic heterocycles. The number of aromatic hydroxyl groups is 1. The fourth-order valence-electron chi connectivity index (χ4n) is 3.58. The smallest absolute Gasteiger partial charge is 0.338 e. The lowest BCUT2D eigenvalue weighted by molar-refractivity contribution is -0.146. The molecule has 3 N–H and O–H groups in total. The van der Waals surface area contributed by atoms with Crippen LogP contribution in [0.25, 0.3) is 0 Å². The molecule has 0 spiro atoms. The monoisotopic (exact) mass is 360 g/mol. The van der Waals surface area contributed by atoms with Crippen LogP contribution in [0, 0.1) is 5.92 Å². The van der Waals surface area contributed by atoms with Gasteiger partial charge in [0.1, 0.15) is 6.10 Å². The van der Waals surface area contributed by atoms with Gasteiger partial charge in [0, 0.05) is 5.70 Å². The third kappa shape index (κ3) is 3.47. The van der Waals surface area contributed by atoms with E-state index in [1.165, 1.54) is 13.2 Å². The minimum Gasteiger partial charge on any atom is -0.504 e. The van der Waals surface area contributed by atoms with Crippen LogP contribution in [0.5, 0.6) is 11.5 Å². The minimum absolute atomic E-state index is 0.0129. The van der Waals surface area contributed by atoms with E-state index in [4.69, 9.17) is 9.47 Å². The van der Waals surface area contributed by atoms with Gasteiger partial charge in [-0.15, -0.1) is 0 Å². The van der Waals surface area contributed by atoms with Crippen LogP contribution in [0.4, 0.5) is 4.79 Å². The second kappa shape index (κ2) is 7.27. The second-order valence-corrected chi connectivity index (χ2v) is 6.85. The number of urea groups is 1. The highest BCUT2D eigenvalue weighted by atomic mass is 16.5. The van der Waals surface area contributed by atoms with Crippen LogP contribution in [-0.2, 0) is 9.53 Å². The predicted molar refractivity (Wildman–Crippen MR) is 94.7 cm³/mol. The van der Waals surface area contributed by atoms with Crippen molar-refractivity contribution >= 4 is 12.0 Å². The highest BCUT2D eigenvalue weighted by Gasteiger charge is 2.35. The van der Waals surface area contributed by atoms with Gasteiger partial charge in [-0.3, -0.25) is 0 Å². The van der Waals surface area contributed by atoms with E-state index in [0.717, 1.165) is 19.3 Å². The van der Waals surface area contributed by atoms with Crippen LogP contribution >= 0.6 is 0 Å². The van der Waals surface area contributed by atoms with Crippen molar-refractivity contribution in [1.82, 2.24) is 10.6 Å². The summed E-state index contributed by atoms with van der Waals surface area (Å²) in [5.41, 5.74) is 1.44. The Labute approximate surface area is 152 Å². The summed E-state index contributed by atoms with van der Waals surface area (Å²) < 4.78 is 10.9. The average Bonchev–Trinajstić information content (AvgIpc) is 2.99. The first-order chi connectivity index (χ1) is 12.4. The molecule has 0 radical (unpaired) electrons. The molecule has 0 saturated heterocycles. The number of allylic oxidation sites excluding steroid dienone is 1. The number of benzene rings is 1. The number of methoxy groups -OCH3 is 1. The van der Waals surface area contributed by atoms with E-state index in [1.54, 1.807) is 19.1 Å². The van der Waals surface area contributed by atoms with E-state index in [1.807, 2.05) is 0 Å². The number of ether oxygens (including phenoxy) is 2. The van der Waals surface area contributed by atoms with Crippen molar-refractivity contribution in [3.8, 4) is 11.5 Å². The lowest BCUT2D eigenvalue weighted by atomic mass is 9.95. The van der Waals surface area contributed by atoms with E-state index in [9.17, 15) is 14.7 Å². The normalized spacial score (nSPS) is 25.5. The van der Waals surface area contributed by atoms with Crippen LogP contribution in [0.1, 0.15) is 44.7 Å². The molecule has 140 valence electrons. The van der Waals surface area contributed by atoms with Gasteiger partial charge in [-0.1, -0.05) is 13.0 Å². The standard InChI is InChI=1S/C19H24N2O5/c1-10-5-4-6-14(10)26-18(23)16-11(2)20-19(24)21-17(16)12-7-8-13(22)15(9-12)25-3/h7-10,14,17,22H,4-6H2,1-3H3,(H2,20,21,24)/t10-,14-,17-/m0/s1. The summed E-state index contributed by atoms with van der Waals surface area (Å²) in [6, 6.07) is 3.64. The number of phenolic OH excluding ortho intramolecular Hbond substituents is 1. The second-order valence-electron chi connectivity index (χ2n) is 6.85. The summed E-state index contributed by atoms with van der Waals surface area (Å²) in [5.74, 6) is 0.148. The molecule has 2 aliphatic rings. The van der Waals surface area contributed by atoms with Crippen molar-refractivity contribution in [2.45, 2.75) is 45.3 Å². The third-order valence-corrected chi connectivity index (χ3v) is 5.07. The highest BCUT2D eigenvalue weighted by Crippen LogP contribution is 2.35. The first-order valence-electron chi connectivity index (χ1n) is 8.77. The van der Waals surface area contributed by atoms with Gasteiger partial charge in [-0.2, -0.15) is 0 Å². The molecule has 2 amide bonds. The van der Waals surface area contributed by atoms with E-state index < -0.39 is 18.0 Å². The first-order valence-corrected chi connectivity index (χ1v) is 8.77. The number of hydrogen-bond donors (Lipinski definition) is 3. The molecule has 3 rings (SSSR count). The van der Waals surface area contributed by atoms with Crippen molar-refractivity contribution in [1.29, 1.82) is 0 Å². The van der Waals surface area contributed by atoms with E-state index in [2.05, 4.69) is 17.6 Å².